The van der Waals surface area contributed by atoms with Gasteiger partial charge in [-0.3, -0.25) is 4.79 Å². The summed E-state index contributed by atoms with van der Waals surface area (Å²) in [4.78, 5) is 12.1. The van der Waals surface area contributed by atoms with Crippen molar-refractivity contribution < 1.29 is 23.7 Å². The predicted molar refractivity (Wildman–Crippen MR) is 97.0 cm³/mol. The van der Waals surface area contributed by atoms with E-state index in [0.717, 1.165) is 12.1 Å². The van der Waals surface area contributed by atoms with Gasteiger partial charge in [-0.25, -0.2) is 0 Å². The normalized spacial score (nSPS) is 16.5. The molecule has 1 aromatic carbocycles. The summed E-state index contributed by atoms with van der Waals surface area (Å²) in [6, 6.07) is 3.76. The molecule has 8 heteroatoms. The van der Waals surface area contributed by atoms with Crippen molar-refractivity contribution in [1.29, 1.82) is 0 Å². The van der Waals surface area contributed by atoms with Gasteiger partial charge in [-0.15, -0.1) is 12.4 Å². The molecule has 142 valence electrons. The van der Waals surface area contributed by atoms with Crippen molar-refractivity contribution in [3.05, 3.63) is 17.7 Å². The monoisotopic (exact) mass is 374 g/mol. The fourth-order valence-corrected chi connectivity index (χ4v) is 2.57. The van der Waals surface area contributed by atoms with Crippen LogP contribution in [0.25, 0.3) is 0 Å². The molecule has 1 unspecified atom stereocenters. The molecule has 1 atom stereocenters. The molecule has 0 aliphatic carbocycles. The lowest BCUT2D eigenvalue weighted by Gasteiger charge is -2.23. The maximum Gasteiger partial charge on any atom is 0.221 e. The second-order valence-electron chi connectivity index (χ2n) is 5.47. The smallest absolute Gasteiger partial charge is 0.221 e. The standard InChI is InChI=1S/C17H26N2O5.ClH/c1-4-24-17-14(21-2)7-12(8-15(17)22-3)10-19-16(20)9-13-11-23-6-5-18-13;/h7-8,13,18H,4-6,9-11H2,1-3H3,(H,19,20);1H. The number of methoxy groups -OCH3 is 2. The molecule has 1 aliphatic heterocycles. The van der Waals surface area contributed by atoms with E-state index in [0.29, 0.717) is 50.0 Å². The summed E-state index contributed by atoms with van der Waals surface area (Å²) in [7, 11) is 3.16. The Bertz CT molecular complexity index is 525. The van der Waals surface area contributed by atoms with Crippen molar-refractivity contribution in [2.45, 2.75) is 25.9 Å². The molecule has 0 aromatic heterocycles. The zero-order chi connectivity index (χ0) is 17.4. The van der Waals surface area contributed by atoms with Gasteiger partial charge in [0.05, 0.1) is 34.0 Å². The Morgan fingerprint density at radius 3 is 2.52 bits per heavy atom. The van der Waals surface area contributed by atoms with Crippen LogP contribution in [0.15, 0.2) is 12.1 Å². The van der Waals surface area contributed by atoms with Crippen LogP contribution in [-0.4, -0.2) is 52.5 Å². The molecule has 2 N–H and O–H groups in total. The predicted octanol–water partition coefficient (Wildman–Crippen LogP) is 1.52. The third-order valence-electron chi connectivity index (χ3n) is 3.73. The maximum atomic E-state index is 12.1. The first-order valence-corrected chi connectivity index (χ1v) is 8.13. The topological polar surface area (TPSA) is 78.1 Å². The van der Waals surface area contributed by atoms with Crippen LogP contribution in [-0.2, 0) is 16.1 Å². The Hall–Kier alpha value is -1.70. The average molecular weight is 375 g/mol. The second-order valence-corrected chi connectivity index (χ2v) is 5.47. The zero-order valence-electron chi connectivity index (χ0n) is 14.9. The molecule has 25 heavy (non-hydrogen) atoms. The average Bonchev–Trinajstić information content (AvgIpc) is 2.61. The van der Waals surface area contributed by atoms with Gasteiger partial charge < -0.3 is 29.6 Å². The van der Waals surface area contributed by atoms with Crippen molar-refractivity contribution in [3.63, 3.8) is 0 Å². The van der Waals surface area contributed by atoms with E-state index in [4.69, 9.17) is 18.9 Å². The summed E-state index contributed by atoms with van der Waals surface area (Å²) in [5, 5.41) is 6.18. The molecule has 1 heterocycles. The minimum atomic E-state index is -0.0233. The second kappa shape index (κ2) is 11.0. The highest BCUT2D eigenvalue weighted by Crippen LogP contribution is 2.38. The Labute approximate surface area is 154 Å². The fraction of sp³-hybridized carbons (Fsp3) is 0.588. The van der Waals surface area contributed by atoms with Gasteiger partial charge >= 0.3 is 0 Å². The van der Waals surface area contributed by atoms with E-state index in [1.807, 2.05) is 19.1 Å². The molecule has 7 nitrogen and oxygen atoms in total. The molecule has 0 bridgehead atoms. The molecular formula is C17H27ClN2O5. The number of hydrogen-bond acceptors (Lipinski definition) is 6. The Balaban J connectivity index is 0.00000312. The molecule has 1 aliphatic rings. The largest absolute Gasteiger partial charge is 0.493 e. The summed E-state index contributed by atoms with van der Waals surface area (Å²) in [6.07, 6.45) is 0.394. The quantitative estimate of drug-likeness (QED) is 0.718. The number of morpholine rings is 1. The number of hydrogen-bond donors (Lipinski definition) is 2. The molecule has 0 radical (unpaired) electrons. The van der Waals surface area contributed by atoms with Crippen molar-refractivity contribution in [2.75, 3.05) is 40.6 Å². The van der Waals surface area contributed by atoms with Gasteiger partial charge in [0.2, 0.25) is 11.7 Å². The number of carbonyl (C=O) groups excluding carboxylic acids is 1. The van der Waals surface area contributed by atoms with Gasteiger partial charge in [-0.05, 0) is 24.6 Å². The van der Waals surface area contributed by atoms with Gasteiger partial charge in [0.25, 0.3) is 0 Å². The fourth-order valence-electron chi connectivity index (χ4n) is 2.57. The van der Waals surface area contributed by atoms with E-state index in [2.05, 4.69) is 10.6 Å². The third kappa shape index (κ3) is 6.26. The highest BCUT2D eigenvalue weighted by molar-refractivity contribution is 5.85. The van der Waals surface area contributed by atoms with E-state index < -0.39 is 0 Å². The first kappa shape index (κ1) is 21.3. The number of benzene rings is 1. The van der Waals surface area contributed by atoms with Gasteiger partial charge in [-0.1, -0.05) is 0 Å². The third-order valence-corrected chi connectivity index (χ3v) is 3.73. The summed E-state index contributed by atoms with van der Waals surface area (Å²) in [6.45, 7) is 4.86. The number of ether oxygens (including phenoxy) is 4. The molecule has 1 amide bonds. The van der Waals surface area contributed by atoms with Crippen molar-refractivity contribution in [1.82, 2.24) is 10.6 Å². The maximum absolute atomic E-state index is 12.1. The van der Waals surface area contributed by atoms with Crippen molar-refractivity contribution in [2.24, 2.45) is 0 Å². The van der Waals surface area contributed by atoms with Crippen LogP contribution >= 0.6 is 12.4 Å². The lowest BCUT2D eigenvalue weighted by atomic mass is 10.1. The lowest BCUT2D eigenvalue weighted by Crippen LogP contribution is -2.44. The number of rotatable bonds is 8. The van der Waals surface area contributed by atoms with E-state index in [9.17, 15) is 4.79 Å². The van der Waals surface area contributed by atoms with Gasteiger partial charge in [0.15, 0.2) is 11.5 Å². The van der Waals surface area contributed by atoms with E-state index in [-0.39, 0.29) is 24.4 Å². The number of nitrogens with one attached hydrogen (secondary N) is 2. The summed E-state index contributed by atoms with van der Waals surface area (Å²) < 4.78 is 21.7. The first-order chi connectivity index (χ1) is 11.7. The molecular weight excluding hydrogens is 348 g/mol. The Kier molecular flexibility index (Phi) is 9.41. The van der Waals surface area contributed by atoms with Crippen molar-refractivity contribution >= 4 is 18.3 Å². The van der Waals surface area contributed by atoms with Crippen LogP contribution in [0.4, 0.5) is 0 Å². The number of amides is 1. The highest BCUT2D eigenvalue weighted by atomic mass is 35.5. The van der Waals surface area contributed by atoms with E-state index in [1.54, 1.807) is 14.2 Å². The molecule has 0 spiro atoms. The number of carbonyl (C=O) groups is 1. The number of halogens is 1. The van der Waals surface area contributed by atoms with E-state index >= 15 is 0 Å². The van der Waals surface area contributed by atoms with Gasteiger partial charge in [0, 0.05) is 25.6 Å². The van der Waals surface area contributed by atoms with Crippen LogP contribution in [0.1, 0.15) is 18.9 Å². The zero-order valence-corrected chi connectivity index (χ0v) is 15.7. The molecule has 0 saturated carbocycles. The first-order valence-electron chi connectivity index (χ1n) is 8.13. The summed E-state index contributed by atoms with van der Waals surface area (Å²) in [5.74, 6) is 1.72. The Morgan fingerprint density at radius 1 is 1.32 bits per heavy atom. The molecule has 2 rings (SSSR count). The van der Waals surface area contributed by atoms with Crippen LogP contribution in [0.2, 0.25) is 0 Å². The van der Waals surface area contributed by atoms with Crippen LogP contribution in [0.3, 0.4) is 0 Å². The van der Waals surface area contributed by atoms with Gasteiger partial charge in [0.1, 0.15) is 0 Å². The molecule has 1 saturated heterocycles. The van der Waals surface area contributed by atoms with E-state index in [1.165, 1.54) is 0 Å². The Morgan fingerprint density at radius 2 is 2.00 bits per heavy atom. The highest BCUT2D eigenvalue weighted by Gasteiger charge is 2.18. The summed E-state index contributed by atoms with van der Waals surface area (Å²) >= 11 is 0. The lowest BCUT2D eigenvalue weighted by molar-refractivity contribution is -0.122. The minimum absolute atomic E-state index is 0. The summed E-state index contributed by atoms with van der Waals surface area (Å²) in [5.41, 5.74) is 0.883. The minimum Gasteiger partial charge on any atom is -0.493 e. The van der Waals surface area contributed by atoms with Crippen LogP contribution < -0.4 is 24.8 Å². The van der Waals surface area contributed by atoms with Gasteiger partial charge in [-0.2, -0.15) is 0 Å². The molecule has 1 aromatic rings. The molecule has 1 fully saturated rings. The van der Waals surface area contributed by atoms with Crippen LogP contribution in [0, 0.1) is 0 Å². The van der Waals surface area contributed by atoms with Crippen molar-refractivity contribution in [3.8, 4) is 17.2 Å². The van der Waals surface area contributed by atoms with Crippen LogP contribution in [0.5, 0.6) is 17.2 Å². The SMILES string of the molecule is CCOc1c(OC)cc(CNC(=O)CC2COCCN2)cc1OC.Cl.